The molecule has 28 heavy (non-hydrogen) atoms. The number of nitrogens with one attached hydrogen (secondary N) is 1. The van der Waals surface area contributed by atoms with Crippen molar-refractivity contribution in [2.24, 2.45) is 0 Å². The van der Waals surface area contributed by atoms with Gasteiger partial charge in [0.1, 0.15) is 11.5 Å². The molecule has 0 saturated carbocycles. The third-order valence-electron chi connectivity index (χ3n) is 5.93. The minimum atomic E-state index is -0.228. The van der Waals surface area contributed by atoms with Crippen molar-refractivity contribution in [3.8, 4) is 0 Å². The molecular formula is C21H23N5O2. The molecule has 2 aliphatic heterocycles. The van der Waals surface area contributed by atoms with Crippen LogP contribution in [-0.4, -0.2) is 37.1 Å². The molecule has 1 atom stereocenters. The van der Waals surface area contributed by atoms with Crippen LogP contribution in [0.1, 0.15) is 60.3 Å². The lowest BCUT2D eigenvalue weighted by molar-refractivity contribution is 0.0721. The Hall–Kier alpha value is -2.96. The van der Waals surface area contributed by atoms with Gasteiger partial charge >= 0.3 is 0 Å². The van der Waals surface area contributed by atoms with E-state index in [1.807, 2.05) is 23.1 Å². The number of hydrogen-bond donors (Lipinski definition) is 1. The first-order valence-corrected chi connectivity index (χ1v) is 10.1. The summed E-state index contributed by atoms with van der Waals surface area (Å²) in [5.41, 5.74) is 0.111. The quantitative estimate of drug-likeness (QED) is 0.744. The van der Waals surface area contributed by atoms with Crippen molar-refractivity contribution in [2.75, 3.05) is 6.54 Å². The molecule has 2 aliphatic rings. The lowest BCUT2D eigenvalue weighted by atomic mass is 10.1. The van der Waals surface area contributed by atoms with Crippen LogP contribution in [0.2, 0.25) is 0 Å². The van der Waals surface area contributed by atoms with Gasteiger partial charge in [0, 0.05) is 24.9 Å². The molecule has 1 unspecified atom stereocenters. The number of amides is 1. The van der Waals surface area contributed by atoms with Crippen molar-refractivity contribution in [3.63, 3.8) is 0 Å². The average molecular weight is 377 g/mol. The van der Waals surface area contributed by atoms with Crippen molar-refractivity contribution >= 4 is 16.7 Å². The number of fused-ring (bicyclic) bond motifs is 2. The summed E-state index contributed by atoms with van der Waals surface area (Å²) in [6.07, 6.45) is 6.22. The van der Waals surface area contributed by atoms with Crippen molar-refractivity contribution in [1.29, 1.82) is 0 Å². The number of carbonyl (C=O) groups excluding carboxylic acids is 1. The highest BCUT2D eigenvalue weighted by atomic mass is 16.2. The Morgan fingerprint density at radius 3 is 2.89 bits per heavy atom. The van der Waals surface area contributed by atoms with Gasteiger partial charge in [-0.25, -0.2) is 0 Å². The fourth-order valence-corrected chi connectivity index (χ4v) is 4.51. The lowest BCUT2D eigenvalue weighted by Gasteiger charge is -2.24. The van der Waals surface area contributed by atoms with Gasteiger partial charge in [-0.15, -0.1) is 10.2 Å². The zero-order valence-electron chi connectivity index (χ0n) is 15.7. The van der Waals surface area contributed by atoms with E-state index in [0.29, 0.717) is 17.6 Å². The fraction of sp³-hybridized carbons (Fsp3) is 0.429. The maximum atomic E-state index is 13.3. The minimum absolute atomic E-state index is 0.0816. The molecule has 144 valence electrons. The van der Waals surface area contributed by atoms with Gasteiger partial charge < -0.3 is 14.5 Å². The van der Waals surface area contributed by atoms with Crippen LogP contribution in [0.15, 0.2) is 35.1 Å². The molecule has 0 bridgehead atoms. The van der Waals surface area contributed by atoms with Crippen molar-refractivity contribution < 1.29 is 4.79 Å². The smallest absolute Gasteiger partial charge is 0.271 e. The van der Waals surface area contributed by atoms with Gasteiger partial charge in [-0.1, -0.05) is 24.6 Å². The number of hydrogen-bond acceptors (Lipinski definition) is 4. The molecule has 3 aromatic rings. The van der Waals surface area contributed by atoms with Gasteiger partial charge in [0.2, 0.25) is 0 Å². The Morgan fingerprint density at radius 1 is 1.07 bits per heavy atom. The van der Waals surface area contributed by atoms with Crippen LogP contribution in [0, 0.1) is 0 Å². The van der Waals surface area contributed by atoms with Gasteiger partial charge in [0.25, 0.3) is 11.5 Å². The highest BCUT2D eigenvalue weighted by Crippen LogP contribution is 2.33. The summed E-state index contributed by atoms with van der Waals surface area (Å²) in [6, 6.07) is 9.03. The van der Waals surface area contributed by atoms with Gasteiger partial charge in [0.15, 0.2) is 5.82 Å². The van der Waals surface area contributed by atoms with E-state index in [9.17, 15) is 9.59 Å². The fourth-order valence-electron chi connectivity index (χ4n) is 4.51. The molecule has 4 heterocycles. The first-order chi connectivity index (χ1) is 13.7. The van der Waals surface area contributed by atoms with Crippen molar-refractivity contribution in [2.45, 2.75) is 51.1 Å². The second kappa shape index (κ2) is 6.89. The first kappa shape index (κ1) is 17.2. The minimum Gasteiger partial charge on any atom is -0.327 e. The predicted molar refractivity (Wildman–Crippen MR) is 105 cm³/mol. The summed E-state index contributed by atoms with van der Waals surface area (Å²) in [4.78, 5) is 30.3. The second-order valence-electron chi connectivity index (χ2n) is 7.69. The molecule has 1 saturated heterocycles. The van der Waals surface area contributed by atoms with Crippen LogP contribution in [0.4, 0.5) is 0 Å². The van der Waals surface area contributed by atoms with Crippen LogP contribution >= 0.6 is 0 Å². The van der Waals surface area contributed by atoms with Gasteiger partial charge in [0.05, 0.1) is 6.04 Å². The Labute approximate surface area is 162 Å². The summed E-state index contributed by atoms with van der Waals surface area (Å²) in [6.45, 7) is 1.59. The molecule has 7 heteroatoms. The molecule has 0 spiro atoms. The molecule has 1 N–H and O–H groups in total. The number of likely N-dealkylation sites (tertiary alicyclic amines) is 1. The van der Waals surface area contributed by atoms with E-state index in [1.165, 1.54) is 6.42 Å². The van der Waals surface area contributed by atoms with E-state index >= 15 is 0 Å². The predicted octanol–water partition coefficient (Wildman–Crippen LogP) is 2.82. The van der Waals surface area contributed by atoms with Crippen LogP contribution in [0.25, 0.3) is 10.8 Å². The van der Waals surface area contributed by atoms with E-state index in [-0.39, 0.29) is 17.5 Å². The number of pyridine rings is 1. The maximum Gasteiger partial charge on any atom is 0.271 e. The number of aromatic amines is 1. The number of benzene rings is 1. The Bertz CT molecular complexity index is 1100. The zero-order chi connectivity index (χ0) is 19.1. The Kier molecular flexibility index (Phi) is 4.22. The summed E-state index contributed by atoms with van der Waals surface area (Å²) in [5.74, 6) is 1.79. The highest BCUT2D eigenvalue weighted by Gasteiger charge is 2.35. The summed E-state index contributed by atoms with van der Waals surface area (Å²) in [7, 11) is 0. The molecule has 0 radical (unpaired) electrons. The van der Waals surface area contributed by atoms with Crippen molar-refractivity contribution in [3.05, 3.63) is 58.0 Å². The number of aryl methyl sites for hydroxylation is 1. The summed E-state index contributed by atoms with van der Waals surface area (Å²) >= 11 is 0. The molecule has 1 aromatic carbocycles. The maximum absolute atomic E-state index is 13.3. The monoisotopic (exact) mass is 377 g/mol. The number of rotatable bonds is 2. The summed E-state index contributed by atoms with van der Waals surface area (Å²) in [5, 5.41) is 10.2. The standard InChI is InChI=1S/C21H23N5O2/c27-20-15-8-4-3-7-14(15)13-16(22-20)21(28)25-12-6-9-17(25)19-24-23-18-10-2-1-5-11-26(18)19/h3-4,7-8,13,17H,1-2,5-6,9-12H2,(H,22,27). The molecule has 2 aromatic heterocycles. The molecule has 7 nitrogen and oxygen atoms in total. The topological polar surface area (TPSA) is 83.9 Å². The lowest BCUT2D eigenvalue weighted by Crippen LogP contribution is -2.33. The highest BCUT2D eigenvalue weighted by molar-refractivity contribution is 5.96. The van der Waals surface area contributed by atoms with E-state index in [2.05, 4.69) is 19.7 Å². The number of H-pyrrole nitrogens is 1. The average Bonchev–Trinajstić information content (AvgIpc) is 3.28. The normalized spacial score (nSPS) is 19.6. The SMILES string of the molecule is O=C(c1cc2ccccc2c(=O)[nH]1)N1CCCC1c1nnc2n1CCCCC2. The van der Waals surface area contributed by atoms with E-state index < -0.39 is 0 Å². The first-order valence-electron chi connectivity index (χ1n) is 10.1. The summed E-state index contributed by atoms with van der Waals surface area (Å²) < 4.78 is 2.21. The molecule has 0 aliphatic carbocycles. The van der Waals surface area contributed by atoms with Crippen LogP contribution in [-0.2, 0) is 13.0 Å². The zero-order valence-corrected chi connectivity index (χ0v) is 15.7. The van der Waals surface area contributed by atoms with Gasteiger partial charge in [-0.2, -0.15) is 0 Å². The van der Waals surface area contributed by atoms with E-state index in [0.717, 1.165) is 55.7 Å². The largest absolute Gasteiger partial charge is 0.327 e. The Morgan fingerprint density at radius 2 is 1.96 bits per heavy atom. The number of aromatic nitrogens is 4. The van der Waals surface area contributed by atoms with Crippen LogP contribution < -0.4 is 5.56 Å². The molecule has 5 rings (SSSR count). The van der Waals surface area contributed by atoms with Gasteiger partial charge in [-0.3, -0.25) is 9.59 Å². The molecular weight excluding hydrogens is 354 g/mol. The van der Waals surface area contributed by atoms with Crippen LogP contribution in [0.5, 0.6) is 0 Å². The van der Waals surface area contributed by atoms with Crippen LogP contribution in [0.3, 0.4) is 0 Å². The number of carbonyl (C=O) groups is 1. The Balaban J connectivity index is 1.50. The third-order valence-corrected chi connectivity index (χ3v) is 5.93. The van der Waals surface area contributed by atoms with E-state index in [1.54, 1.807) is 12.1 Å². The third kappa shape index (κ3) is 2.82. The van der Waals surface area contributed by atoms with Crippen molar-refractivity contribution in [1.82, 2.24) is 24.6 Å². The second-order valence-corrected chi connectivity index (χ2v) is 7.69. The van der Waals surface area contributed by atoms with Gasteiger partial charge in [-0.05, 0) is 43.2 Å². The van der Waals surface area contributed by atoms with E-state index in [4.69, 9.17) is 0 Å². The molecule has 1 fully saturated rings. The molecule has 1 amide bonds. The number of nitrogens with zero attached hydrogens (tertiary/aromatic N) is 4.